The molecular formula is C18H15F2N. The van der Waals surface area contributed by atoms with Crippen LogP contribution in [0.15, 0.2) is 60.7 Å². The van der Waals surface area contributed by atoms with Crippen molar-refractivity contribution < 1.29 is 8.78 Å². The number of halogens is 2. The van der Waals surface area contributed by atoms with Crippen LogP contribution in [0.1, 0.15) is 17.2 Å². The zero-order valence-corrected chi connectivity index (χ0v) is 11.4. The van der Waals surface area contributed by atoms with Crippen LogP contribution >= 0.6 is 0 Å². The smallest absolute Gasteiger partial charge is 0.126 e. The molecule has 106 valence electrons. The van der Waals surface area contributed by atoms with Crippen molar-refractivity contribution in [1.29, 1.82) is 0 Å². The number of hydrogen-bond donors (Lipinski definition) is 1. The van der Waals surface area contributed by atoms with E-state index in [9.17, 15) is 8.78 Å². The Morgan fingerprint density at radius 2 is 1.52 bits per heavy atom. The lowest BCUT2D eigenvalue weighted by atomic mass is 9.95. The third kappa shape index (κ3) is 2.93. The van der Waals surface area contributed by atoms with Gasteiger partial charge in [0.2, 0.25) is 0 Å². The minimum atomic E-state index is -0.599. The summed E-state index contributed by atoms with van der Waals surface area (Å²) in [6.07, 6.45) is 0.532. The Morgan fingerprint density at radius 3 is 2.29 bits per heavy atom. The van der Waals surface area contributed by atoms with Crippen LogP contribution in [0, 0.1) is 11.6 Å². The second-order valence-corrected chi connectivity index (χ2v) is 5.15. The van der Waals surface area contributed by atoms with Gasteiger partial charge in [0.05, 0.1) is 0 Å². The lowest BCUT2D eigenvalue weighted by Crippen LogP contribution is -2.14. The molecule has 21 heavy (non-hydrogen) atoms. The first-order valence-corrected chi connectivity index (χ1v) is 6.82. The molecule has 1 nitrogen and oxygen atoms in total. The predicted octanol–water partition coefficient (Wildman–Crippen LogP) is 4.36. The molecule has 0 aliphatic rings. The maximum Gasteiger partial charge on any atom is 0.126 e. The van der Waals surface area contributed by atoms with Crippen molar-refractivity contribution in [3.05, 3.63) is 83.4 Å². The van der Waals surface area contributed by atoms with E-state index >= 15 is 0 Å². The van der Waals surface area contributed by atoms with Gasteiger partial charge in [-0.25, -0.2) is 8.78 Å². The van der Waals surface area contributed by atoms with Crippen LogP contribution in [-0.4, -0.2) is 0 Å². The van der Waals surface area contributed by atoms with Gasteiger partial charge in [-0.05, 0) is 40.5 Å². The Labute approximate surface area is 122 Å². The molecule has 3 aromatic rings. The predicted molar refractivity (Wildman–Crippen MR) is 80.9 cm³/mol. The average Bonchev–Trinajstić information content (AvgIpc) is 2.46. The highest BCUT2D eigenvalue weighted by Crippen LogP contribution is 2.24. The molecule has 3 heteroatoms. The summed E-state index contributed by atoms with van der Waals surface area (Å²) in [7, 11) is 0. The normalized spacial score (nSPS) is 12.5. The van der Waals surface area contributed by atoms with E-state index in [1.165, 1.54) is 12.1 Å². The molecule has 0 bridgehead atoms. The quantitative estimate of drug-likeness (QED) is 0.759. The first-order valence-electron chi connectivity index (χ1n) is 6.82. The molecule has 0 saturated carbocycles. The topological polar surface area (TPSA) is 26.0 Å². The molecule has 3 aromatic carbocycles. The lowest BCUT2D eigenvalue weighted by molar-refractivity contribution is 0.573. The second-order valence-electron chi connectivity index (χ2n) is 5.15. The van der Waals surface area contributed by atoms with Gasteiger partial charge < -0.3 is 5.73 Å². The summed E-state index contributed by atoms with van der Waals surface area (Å²) >= 11 is 0. The van der Waals surface area contributed by atoms with Crippen LogP contribution in [0.3, 0.4) is 0 Å². The Hall–Kier alpha value is -2.26. The Kier molecular flexibility index (Phi) is 3.67. The zero-order chi connectivity index (χ0) is 14.8. The number of hydrogen-bond acceptors (Lipinski definition) is 1. The SMILES string of the molecule is NC(Cc1cccc2ccccc12)c1cc(F)cc(F)c1. The van der Waals surface area contributed by atoms with Crippen molar-refractivity contribution >= 4 is 10.8 Å². The summed E-state index contributed by atoms with van der Waals surface area (Å²) in [5.41, 5.74) is 7.67. The average molecular weight is 283 g/mol. The highest BCUT2D eigenvalue weighted by molar-refractivity contribution is 5.85. The van der Waals surface area contributed by atoms with Crippen molar-refractivity contribution in [2.75, 3.05) is 0 Å². The monoisotopic (exact) mass is 283 g/mol. The molecule has 0 aliphatic carbocycles. The maximum atomic E-state index is 13.3. The van der Waals surface area contributed by atoms with Gasteiger partial charge in [0.15, 0.2) is 0 Å². The maximum absolute atomic E-state index is 13.3. The van der Waals surface area contributed by atoms with Crippen LogP contribution < -0.4 is 5.73 Å². The highest BCUT2D eigenvalue weighted by atomic mass is 19.1. The van der Waals surface area contributed by atoms with E-state index in [4.69, 9.17) is 5.73 Å². The van der Waals surface area contributed by atoms with Crippen molar-refractivity contribution in [2.24, 2.45) is 5.73 Å². The van der Waals surface area contributed by atoms with Gasteiger partial charge >= 0.3 is 0 Å². The Bertz CT molecular complexity index is 758. The second kappa shape index (κ2) is 5.62. The number of benzene rings is 3. The molecule has 0 spiro atoms. The molecule has 0 fully saturated rings. The van der Waals surface area contributed by atoms with Gasteiger partial charge in [0.25, 0.3) is 0 Å². The largest absolute Gasteiger partial charge is 0.324 e. The van der Waals surface area contributed by atoms with Gasteiger partial charge in [-0.2, -0.15) is 0 Å². The van der Waals surface area contributed by atoms with Crippen molar-refractivity contribution in [3.63, 3.8) is 0 Å². The van der Waals surface area contributed by atoms with Crippen molar-refractivity contribution in [2.45, 2.75) is 12.5 Å². The minimum Gasteiger partial charge on any atom is -0.324 e. The molecule has 0 saturated heterocycles. The summed E-state index contributed by atoms with van der Waals surface area (Å²) in [5.74, 6) is -1.20. The number of fused-ring (bicyclic) bond motifs is 1. The Morgan fingerprint density at radius 1 is 0.857 bits per heavy atom. The summed E-state index contributed by atoms with van der Waals surface area (Å²) in [6, 6.07) is 17.0. The molecule has 0 heterocycles. The van der Waals surface area contributed by atoms with Gasteiger partial charge in [-0.1, -0.05) is 42.5 Å². The van der Waals surface area contributed by atoms with Crippen molar-refractivity contribution in [1.82, 2.24) is 0 Å². The van der Waals surface area contributed by atoms with Crippen molar-refractivity contribution in [3.8, 4) is 0 Å². The first kappa shape index (κ1) is 13.7. The fourth-order valence-electron chi connectivity index (χ4n) is 2.61. The first-order chi connectivity index (χ1) is 10.1. The van der Waals surface area contributed by atoms with Crippen LogP contribution in [0.2, 0.25) is 0 Å². The molecular weight excluding hydrogens is 268 g/mol. The lowest BCUT2D eigenvalue weighted by Gasteiger charge is -2.14. The zero-order valence-electron chi connectivity index (χ0n) is 11.4. The molecule has 0 aromatic heterocycles. The summed E-state index contributed by atoms with van der Waals surface area (Å²) in [6.45, 7) is 0. The van der Waals surface area contributed by atoms with E-state index in [2.05, 4.69) is 0 Å². The number of nitrogens with two attached hydrogens (primary N) is 1. The van der Waals surface area contributed by atoms with Gasteiger partial charge in [0, 0.05) is 12.1 Å². The summed E-state index contributed by atoms with van der Waals surface area (Å²) in [4.78, 5) is 0. The molecule has 0 amide bonds. The van der Waals surface area contributed by atoms with Crippen LogP contribution in [-0.2, 0) is 6.42 Å². The fourth-order valence-corrected chi connectivity index (χ4v) is 2.61. The molecule has 1 unspecified atom stereocenters. The van der Waals surface area contributed by atoms with E-state index in [0.717, 1.165) is 22.4 Å². The van der Waals surface area contributed by atoms with Gasteiger partial charge in [-0.3, -0.25) is 0 Å². The van der Waals surface area contributed by atoms with E-state index < -0.39 is 17.7 Å². The van der Waals surface area contributed by atoms with Crippen LogP contribution in [0.4, 0.5) is 8.78 Å². The number of rotatable bonds is 3. The summed E-state index contributed by atoms with van der Waals surface area (Å²) < 4.78 is 26.6. The minimum absolute atomic E-state index is 0.444. The molecule has 0 aliphatic heterocycles. The molecule has 0 radical (unpaired) electrons. The van der Waals surface area contributed by atoms with E-state index in [1.807, 2.05) is 42.5 Å². The fraction of sp³-hybridized carbons (Fsp3) is 0.111. The van der Waals surface area contributed by atoms with Crippen LogP contribution in [0.25, 0.3) is 10.8 Å². The van der Waals surface area contributed by atoms with E-state index in [1.54, 1.807) is 0 Å². The van der Waals surface area contributed by atoms with E-state index in [0.29, 0.717) is 12.0 Å². The molecule has 1 atom stereocenters. The highest BCUT2D eigenvalue weighted by Gasteiger charge is 2.11. The van der Waals surface area contributed by atoms with Crippen LogP contribution in [0.5, 0.6) is 0 Å². The van der Waals surface area contributed by atoms with Gasteiger partial charge in [-0.15, -0.1) is 0 Å². The van der Waals surface area contributed by atoms with Gasteiger partial charge in [0.1, 0.15) is 11.6 Å². The standard InChI is InChI=1S/C18H15F2N/c19-15-8-14(9-16(20)11-15)18(21)10-13-6-3-5-12-4-1-2-7-17(12)13/h1-9,11,18H,10,21H2. The molecule has 3 rings (SSSR count). The molecule has 2 N–H and O–H groups in total. The Balaban J connectivity index is 1.94. The summed E-state index contributed by atoms with van der Waals surface area (Å²) in [5, 5.41) is 2.25. The van der Waals surface area contributed by atoms with E-state index in [-0.39, 0.29) is 0 Å². The third-order valence-electron chi connectivity index (χ3n) is 3.63. The third-order valence-corrected chi connectivity index (χ3v) is 3.63.